The summed E-state index contributed by atoms with van der Waals surface area (Å²) >= 11 is 0. The van der Waals surface area contributed by atoms with Gasteiger partial charge in [-0.15, -0.1) is 0 Å². The number of rotatable bonds is 13. The van der Waals surface area contributed by atoms with Crippen LogP contribution in [0.5, 0.6) is 0 Å². The van der Waals surface area contributed by atoms with E-state index < -0.39 is 0 Å². The number of nitrogens with zero attached hydrogens (tertiary/aromatic N) is 2. The van der Waals surface area contributed by atoms with Crippen molar-refractivity contribution in [2.75, 3.05) is 9.80 Å². The van der Waals surface area contributed by atoms with Crippen molar-refractivity contribution in [2.24, 2.45) is 0 Å². The maximum Gasteiger partial charge on any atom is 0.143 e. The van der Waals surface area contributed by atoms with Gasteiger partial charge in [-0.05, 0) is 130 Å². The second-order valence-electron chi connectivity index (χ2n) is 23.2. The number of benzene rings is 14. The van der Waals surface area contributed by atoms with E-state index in [-0.39, 0.29) is 0 Å². The fourth-order valence-corrected chi connectivity index (χ4v) is 13.4. The van der Waals surface area contributed by atoms with Gasteiger partial charge in [0, 0.05) is 77.7 Å². The van der Waals surface area contributed by atoms with Crippen molar-refractivity contribution in [1.29, 1.82) is 0 Å². The zero-order valence-corrected chi connectivity index (χ0v) is 49.9. The highest BCUT2D eigenvalue weighted by atomic mass is 16.3. The van der Waals surface area contributed by atoms with Crippen LogP contribution in [0.4, 0.5) is 34.1 Å². The van der Waals surface area contributed by atoms with E-state index in [9.17, 15) is 0 Å². The number of para-hydroxylation sites is 6. The van der Waals surface area contributed by atoms with E-state index >= 15 is 0 Å². The van der Waals surface area contributed by atoms with E-state index in [4.69, 9.17) is 8.83 Å². The molecule has 0 aliphatic rings. The summed E-state index contributed by atoms with van der Waals surface area (Å²) in [6, 6.07) is 118. The number of fused-ring (bicyclic) bond motifs is 6. The van der Waals surface area contributed by atoms with Gasteiger partial charge in [0.2, 0.25) is 0 Å². The molecule has 2 heterocycles. The highest BCUT2D eigenvalue weighted by molar-refractivity contribution is 6.11. The zero-order valence-electron chi connectivity index (χ0n) is 49.9. The van der Waals surface area contributed by atoms with Gasteiger partial charge in [0.15, 0.2) is 0 Å². The van der Waals surface area contributed by atoms with E-state index in [2.05, 4.69) is 327 Å². The molecule has 0 spiro atoms. The van der Waals surface area contributed by atoms with Gasteiger partial charge >= 0.3 is 0 Å². The zero-order chi connectivity index (χ0) is 60.1. The molecule has 4 heteroatoms. The Morgan fingerprint density at radius 3 is 0.844 bits per heavy atom. The molecule has 0 amide bonds. The Kier molecular flexibility index (Phi) is 13.6. The molecule has 4 nitrogen and oxygen atoms in total. The summed E-state index contributed by atoms with van der Waals surface area (Å²) in [5.74, 6) is 0. The van der Waals surface area contributed by atoms with Gasteiger partial charge < -0.3 is 18.6 Å². The van der Waals surface area contributed by atoms with Crippen LogP contribution in [0.25, 0.3) is 122 Å². The molecule has 0 atom stereocenters. The predicted molar refractivity (Wildman–Crippen MR) is 378 cm³/mol. The summed E-state index contributed by atoms with van der Waals surface area (Å²) in [5.41, 5.74) is 27.9. The smallest absolute Gasteiger partial charge is 0.143 e. The third-order valence-corrected chi connectivity index (χ3v) is 17.7. The molecule has 0 saturated carbocycles. The lowest BCUT2D eigenvalue weighted by Gasteiger charge is -2.32. The summed E-state index contributed by atoms with van der Waals surface area (Å²) < 4.78 is 13.2. The minimum atomic E-state index is 0.888. The topological polar surface area (TPSA) is 32.8 Å². The highest BCUT2D eigenvalue weighted by Gasteiger charge is 2.27. The van der Waals surface area contributed by atoms with Gasteiger partial charge in [0.1, 0.15) is 22.3 Å². The minimum Gasteiger partial charge on any atom is -0.455 e. The van der Waals surface area contributed by atoms with Gasteiger partial charge in [0.25, 0.3) is 0 Å². The molecular weight excluding hydrogens is 1090 g/mol. The largest absolute Gasteiger partial charge is 0.455 e. The molecule has 0 aliphatic heterocycles. The first-order chi connectivity index (χ1) is 44.5. The standard InChI is InChI=1S/C86H60N2O2/c1-57-55-65(47-53-79(57)87(83-69(59-23-7-3-8-24-59)33-19-34-70(83)60-25-9-4-10-26-60)67-49-43-63(44-50-67)73-37-21-39-77-75-31-15-17-41-81(75)89-85(73)77)66-48-54-80(58(2)56-66)88(84-71(61-27-11-5-12-28-61)35-20-36-72(84)62-29-13-6-14-30-62)68-51-45-64(46-52-68)74-38-22-40-78-76-32-16-18-42-82(76)90-86(74)78/h3-56H,1-2H3. The molecule has 0 fully saturated rings. The predicted octanol–water partition coefficient (Wildman–Crippen LogP) is 24.7. The molecule has 426 valence electrons. The lowest BCUT2D eigenvalue weighted by molar-refractivity contribution is 0.669. The molecule has 2 aromatic heterocycles. The Morgan fingerprint density at radius 2 is 0.500 bits per heavy atom. The van der Waals surface area contributed by atoms with E-state index in [1.54, 1.807) is 0 Å². The summed E-state index contributed by atoms with van der Waals surface area (Å²) in [6.07, 6.45) is 0. The Morgan fingerprint density at radius 1 is 0.222 bits per heavy atom. The van der Waals surface area contributed by atoms with Crippen molar-refractivity contribution in [3.8, 4) is 77.9 Å². The number of hydrogen-bond donors (Lipinski definition) is 0. The normalized spacial score (nSPS) is 11.4. The van der Waals surface area contributed by atoms with Crippen LogP contribution < -0.4 is 9.80 Å². The van der Waals surface area contributed by atoms with Crippen molar-refractivity contribution in [1.82, 2.24) is 0 Å². The second kappa shape index (κ2) is 22.9. The summed E-state index contributed by atoms with van der Waals surface area (Å²) in [6.45, 7) is 4.51. The van der Waals surface area contributed by atoms with Crippen LogP contribution >= 0.6 is 0 Å². The maximum absolute atomic E-state index is 6.58. The van der Waals surface area contributed by atoms with Gasteiger partial charge in [-0.1, -0.05) is 267 Å². The number of furan rings is 2. The fourth-order valence-electron chi connectivity index (χ4n) is 13.4. The fraction of sp³-hybridized carbons (Fsp3) is 0.0233. The second-order valence-corrected chi connectivity index (χ2v) is 23.2. The van der Waals surface area contributed by atoms with Crippen LogP contribution in [0.3, 0.4) is 0 Å². The average molecular weight is 1150 g/mol. The summed E-state index contributed by atoms with van der Waals surface area (Å²) in [7, 11) is 0. The molecule has 0 unspecified atom stereocenters. The van der Waals surface area contributed by atoms with Crippen molar-refractivity contribution in [3.63, 3.8) is 0 Å². The van der Waals surface area contributed by atoms with Crippen LogP contribution in [0.15, 0.2) is 336 Å². The van der Waals surface area contributed by atoms with Crippen LogP contribution in [0, 0.1) is 13.8 Å². The molecule has 14 aromatic carbocycles. The van der Waals surface area contributed by atoms with Gasteiger partial charge in [0.05, 0.1) is 11.4 Å². The first-order valence-corrected chi connectivity index (χ1v) is 30.8. The number of anilines is 6. The Labute approximate surface area is 524 Å². The van der Waals surface area contributed by atoms with Crippen LogP contribution in [-0.2, 0) is 0 Å². The summed E-state index contributed by atoms with van der Waals surface area (Å²) in [5, 5.41) is 4.46. The molecule has 0 bridgehead atoms. The molecule has 0 radical (unpaired) electrons. The average Bonchev–Trinajstić information content (AvgIpc) is 0.869. The Bertz CT molecular complexity index is 4850. The van der Waals surface area contributed by atoms with E-state index in [1.807, 2.05) is 24.3 Å². The lowest BCUT2D eigenvalue weighted by Crippen LogP contribution is -2.14. The molecule has 16 aromatic rings. The lowest BCUT2D eigenvalue weighted by atomic mass is 9.92. The van der Waals surface area contributed by atoms with E-state index in [0.29, 0.717) is 0 Å². The molecule has 16 rings (SSSR count). The first kappa shape index (κ1) is 53.7. The van der Waals surface area contributed by atoms with Crippen LogP contribution in [0.1, 0.15) is 11.1 Å². The first-order valence-electron chi connectivity index (χ1n) is 30.8. The molecule has 0 N–H and O–H groups in total. The SMILES string of the molecule is Cc1cc(-c2ccc(N(c3ccc(-c4cccc5c4oc4ccccc45)cc3)c3c(-c4ccccc4)cccc3-c3ccccc3)c(C)c2)ccc1N(c1ccc(-c2cccc3c2oc2ccccc23)cc1)c1c(-c2ccccc2)cccc1-c1ccccc1. The minimum absolute atomic E-state index is 0.888. The molecule has 90 heavy (non-hydrogen) atoms. The molecular formula is C86H60N2O2. The number of aryl methyl sites for hydroxylation is 2. The van der Waals surface area contributed by atoms with Crippen molar-refractivity contribution in [2.45, 2.75) is 13.8 Å². The quantitative estimate of drug-likeness (QED) is 0.115. The van der Waals surface area contributed by atoms with E-state index in [0.717, 1.165) is 167 Å². The third-order valence-electron chi connectivity index (χ3n) is 17.7. The Balaban J connectivity index is 0.835. The van der Waals surface area contributed by atoms with Gasteiger partial charge in [-0.2, -0.15) is 0 Å². The molecule has 0 saturated heterocycles. The highest BCUT2D eigenvalue weighted by Crippen LogP contribution is 2.51. The maximum atomic E-state index is 6.58. The van der Waals surface area contributed by atoms with Crippen LogP contribution in [0.2, 0.25) is 0 Å². The van der Waals surface area contributed by atoms with Gasteiger partial charge in [-0.25, -0.2) is 0 Å². The number of hydrogen-bond acceptors (Lipinski definition) is 4. The summed E-state index contributed by atoms with van der Waals surface area (Å²) in [4.78, 5) is 4.94. The van der Waals surface area contributed by atoms with Crippen molar-refractivity contribution >= 4 is 78.0 Å². The molecule has 0 aliphatic carbocycles. The van der Waals surface area contributed by atoms with Crippen molar-refractivity contribution in [3.05, 3.63) is 339 Å². The van der Waals surface area contributed by atoms with Crippen LogP contribution in [-0.4, -0.2) is 0 Å². The third kappa shape index (κ3) is 9.59. The monoisotopic (exact) mass is 1150 g/mol. The van der Waals surface area contributed by atoms with Gasteiger partial charge in [-0.3, -0.25) is 0 Å². The Hall–Kier alpha value is -11.7. The van der Waals surface area contributed by atoms with E-state index in [1.165, 1.54) is 0 Å². The van der Waals surface area contributed by atoms with Crippen molar-refractivity contribution < 1.29 is 8.83 Å².